The SMILES string of the molecule is CCCCCCCCCCCCN1C(=O)C(=O)/C(=C(\O)c2ccc(OC)cc2)C1c1ccccc1[N+](=O)[O-]. The third kappa shape index (κ3) is 7.00. The van der Waals surface area contributed by atoms with Gasteiger partial charge in [0.1, 0.15) is 11.5 Å². The second-order valence-electron chi connectivity index (χ2n) is 9.72. The molecule has 8 heteroatoms. The molecule has 8 nitrogen and oxygen atoms in total. The summed E-state index contributed by atoms with van der Waals surface area (Å²) < 4.78 is 5.16. The molecule has 1 unspecified atom stereocenters. The summed E-state index contributed by atoms with van der Waals surface area (Å²) in [5.41, 5.74) is 0.194. The number of nitro benzene ring substituents is 1. The Balaban J connectivity index is 1.82. The van der Waals surface area contributed by atoms with Crippen LogP contribution in [-0.4, -0.2) is 40.3 Å². The minimum Gasteiger partial charge on any atom is -0.507 e. The van der Waals surface area contributed by atoms with E-state index in [9.17, 15) is 24.8 Å². The van der Waals surface area contributed by atoms with Crippen LogP contribution in [-0.2, 0) is 9.59 Å². The van der Waals surface area contributed by atoms with E-state index in [0.717, 1.165) is 19.3 Å². The van der Waals surface area contributed by atoms with Gasteiger partial charge < -0.3 is 14.7 Å². The number of nitrogens with zero attached hydrogens (tertiary/aromatic N) is 2. The number of unbranched alkanes of at least 4 members (excludes halogenated alkanes) is 9. The summed E-state index contributed by atoms with van der Waals surface area (Å²) in [4.78, 5) is 39.0. The molecule has 38 heavy (non-hydrogen) atoms. The van der Waals surface area contributed by atoms with Gasteiger partial charge in [0.05, 0.1) is 29.2 Å². The number of para-hydroxylation sites is 1. The highest BCUT2D eigenvalue weighted by molar-refractivity contribution is 6.46. The average Bonchev–Trinajstić information content (AvgIpc) is 3.18. The van der Waals surface area contributed by atoms with Crippen molar-refractivity contribution in [3.05, 3.63) is 75.3 Å². The molecule has 1 heterocycles. The van der Waals surface area contributed by atoms with Gasteiger partial charge in [0, 0.05) is 18.2 Å². The van der Waals surface area contributed by atoms with Gasteiger partial charge in [-0.1, -0.05) is 76.8 Å². The first kappa shape index (κ1) is 28.9. The first-order chi connectivity index (χ1) is 18.4. The molecule has 2 aromatic carbocycles. The smallest absolute Gasteiger partial charge is 0.295 e. The molecule has 0 aliphatic carbocycles. The standard InChI is InChI=1S/C30H38N2O6/c1-3-4-5-6-7-8-9-10-11-14-21-31-27(24-15-12-13-16-25(24)32(36)37)26(29(34)30(31)35)28(33)22-17-19-23(38-2)20-18-22/h12-13,15-20,27,33H,3-11,14,21H2,1-2H3/b28-26-. The Morgan fingerprint density at radius 1 is 0.921 bits per heavy atom. The fourth-order valence-electron chi connectivity index (χ4n) is 4.99. The van der Waals surface area contributed by atoms with Gasteiger partial charge in [0.15, 0.2) is 0 Å². The molecule has 1 aliphatic heterocycles. The summed E-state index contributed by atoms with van der Waals surface area (Å²) in [6.07, 6.45) is 11.2. The van der Waals surface area contributed by atoms with Crippen molar-refractivity contribution in [2.24, 2.45) is 0 Å². The largest absolute Gasteiger partial charge is 0.507 e. The van der Waals surface area contributed by atoms with E-state index in [-0.39, 0.29) is 29.1 Å². The van der Waals surface area contributed by atoms with Crippen LogP contribution in [0.3, 0.4) is 0 Å². The van der Waals surface area contributed by atoms with Crippen molar-refractivity contribution in [3.63, 3.8) is 0 Å². The van der Waals surface area contributed by atoms with Crippen LogP contribution < -0.4 is 4.74 Å². The van der Waals surface area contributed by atoms with E-state index < -0.39 is 22.7 Å². The van der Waals surface area contributed by atoms with E-state index in [1.165, 1.54) is 56.6 Å². The van der Waals surface area contributed by atoms with Crippen LogP contribution in [0, 0.1) is 10.1 Å². The summed E-state index contributed by atoms with van der Waals surface area (Å²) in [5, 5.41) is 23.0. The number of amides is 1. The second kappa shape index (κ2) is 14.3. The van der Waals surface area contributed by atoms with Gasteiger partial charge in [0.25, 0.3) is 17.4 Å². The average molecular weight is 523 g/mol. The number of hydrogen-bond donors (Lipinski definition) is 1. The van der Waals surface area contributed by atoms with E-state index in [0.29, 0.717) is 17.7 Å². The van der Waals surface area contributed by atoms with Crippen LogP contribution in [0.2, 0.25) is 0 Å². The highest BCUT2D eigenvalue weighted by Crippen LogP contribution is 2.42. The van der Waals surface area contributed by atoms with Crippen LogP contribution in [0.25, 0.3) is 5.76 Å². The van der Waals surface area contributed by atoms with E-state index in [2.05, 4.69) is 6.92 Å². The number of carbonyl (C=O) groups excluding carboxylic acids is 2. The van der Waals surface area contributed by atoms with Crippen LogP contribution in [0.1, 0.15) is 88.3 Å². The lowest BCUT2D eigenvalue weighted by molar-refractivity contribution is -0.385. The molecular weight excluding hydrogens is 484 g/mol. The number of Topliss-reactive ketones (excluding diaryl/α,β-unsaturated/α-hetero) is 1. The van der Waals surface area contributed by atoms with Gasteiger partial charge in [-0.3, -0.25) is 19.7 Å². The van der Waals surface area contributed by atoms with Crippen molar-refractivity contribution in [3.8, 4) is 5.75 Å². The van der Waals surface area contributed by atoms with Gasteiger partial charge in [-0.25, -0.2) is 0 Å². The number of carbonyl (C=O) groups is 2. The molecule has 1 aliphatic rings. The Labute approximate surface area is 224 Å². The maximum Gasteiger partial charge on any atom is 0.295 e. The van der Waals surface area contributed by atoms with Gasteiger partial charge in [-0.05, 0) is 36.8 Å². The minimum absolute atomic E-state index is 0.137. The van der Waals surface area contributed by atoms with E-state index in [1.54, 1.807) is 42.5 Å². The number of aliphatic hydroxyl groups excluding tert-OH is 1. The number of aliphatic hydroxyl groups is 1. The molecule has 0 radical (unpaired) electrons. The number of likely N-dealkylation sites (tertiary alicyclic amines) is 1. The third-order valence-corrected chi connectivity index (χ3v) is 7.08. The molecule has 0 aromatic heterocycles. The molecule has 0 saturated carbocycles. The molecule has 0 spiro atoms. The second-order valence-corrected chi connectivity index (χ2v) is 9.72. The quantitative estimate of drug-likeness (QED) is 0.0677. The zero-order valence-corrected chi connectivity index (χ0v) is 22.4. The first-order valence-corrected chi connectivity index (χ1v) is 13.6. The normalized spacial score (nSPS) is 16.7. The van der Waals surface area contributed by atoms with Crippen LogP contribution in [0.15, 0.2) is 54.1 Å². The van der Waals surface area contributed by atoms with Crippen LogP contribution in [0.5, 0.6) is 5.75 Å². The lowest BCUT2D eigenvalue weighted by Crippen LogP contribution is -2.31. The number of benzene rings is 2. The third-order valence-electron chi connectivity index (χ3n) is 7.08. The van der Waals surface area contributed by atoms with Gasteiger partial charge in [-0.2, -0.15) is 0 Å². The fourth-order valence-corrected chi connectivity index (χ4v) is 4.99. The van der Waals surface area contributed by atoms with E-state index in [1.807, 2.05) is 0 Å². The molecule has 204 valence electrons. The molecule has 1 N–H and O–H groups in total. The molecule has 2 aromatic rings. The van der Waals surface area contributed by atoms with Crippen molar-refractivity contribution < 1.29 is 24.4 Å². The number of ketones is 1. The van der Waals surface area contributed by atoms with Crippen molar-refractivity contribution in [1.82, 2.24) is 4.90 Å². The number of nitro groups is 1. The zero-order valence-electron chi connectivity index (χ0n) is 22.4. The summed E-state index contributed by atoms with van der Waals surface area (Å²) in [7, 11) is 1.52. The number of rotatable bonds is 15. The lowest BCUT2D eigenvalue weighted by Gasteiger charge is -2.25. The zero-order chi connectivity index (χ0) is 27.5. The lowest BCUT2D eigenvalue weighted by atomic mass is 9.94. The van der Waals surface area contributed by atoms with Gasteiger partial charge in [0.2, 0.25) is 0 Å². The molecule has 1 atom stereocenters. The topological polar surface area (TPSA) is 110 Å². The Morgan fingerprint density at radius 3 is 2.08 bits per heavy atom. The highest BCUT2D eigenvalue weighted by Gasteiger charge is 2.47. The predicted octanol–water partition coefficient (Wildman–Crippen LogP) is 6.95. The number of ether oxygens (including phenoxy) is 1. The first-order valence-electron chi connectivity index (χ1n) is 13.6. The predicted molar refractivity (Wildman–Crippen MR) is 147 cm³/mol. The summed E-state index contributed by atoms with van der Waals surface area (Å²) in [6, 6.07) is 11.5. The van der Waals surface area contributed by atoms with Crippen molar-refractivity contribution in [2.75, 3.05) is 13.7 Å². The van der Waals surface area contributed by atoms with Gasteiger partial charge in [-0.15, -0.1) is 0 Å². The van der Waals surface area contributed by atoms with Crippen LogP contribution in [0.4, 0.5) is 5.69 Å². The monoisotopic (exact) mass is 522 g/mol. The summed E-state index contributed by atoms with van der Waals surface area (Å²) in [5.74, 6) is -1.38. The number of hydrogen-bond acceptors (Lipinski definition) is 6. The summed E-state index contributed by atoms with van der Waals surface area (Å²) >= 11 is 0. The van der Waals surface area contributed by atoms with Crippen molar-refractivity contribution in [1.29, 1.82) is 0 Å². The Hall–Kier alpha value is -3.68. The van der Waals surface area contributed by atoms with Crippen molar-refractivity contribution >= 4 is 23.1 Å². The van der Waals surface area contributed by atoms with Crippen LogP contribution >= 0.6 is 0 Å². The van der Waals surface area contributed by atoms with Crippen molar-refractivity contribution in [2.45, 2.75) is 77.2 Å². The van der Waals surface area contributed by atoms with E-state index in [4.69, 9.17) is 4.74 Å². The molecule has 0 bridgehead atoms. The Morgan fingerprint density at radius 2 is 1.50 bits per heavy atom. The summed E-state index contributed by atoms with van der Waals surface area (Å²) in [6.45, 7) is 2.48. The molecule has 3 rings (SSSR count). The molecule has 1 saturated heterocycles. The molecule has 1 fully saturated rings. The van der Waals surface area contributed by atoms with E-state index >= 15 is 0 Å². The number of methoxy groups -OCH3 is 1. The minimum atomic E-state index is -1.04. The maximum atomic E-state index is 13.2. The Kier molecular flexibility index (Phi) is 10.9. The molecule has 1 amide bonds. The molecular formula is C30H38N2O6. The van der Waals surface area contributed by atoms with Gasteiger partial charge >= 0.3 is 0 Å². The fraction of sp³-hybridized carbons (Fsp3) is 0.467. The highest BCUT2D eigenvalue weighted by atomic mass is 16.6. The maximum absolute atomic E-state index is 13.2. The Bertz CT molecular complexity index is 1140.